The lowest BCUT2D eigenvalue weighted by atomic mass is 10.1. The SMILES string of the molecule is CCN(C(=O)Cn1nc(-c2cccc(C#N)c2)c2nc[nH]c2c1=O)c1ccc2c(c1)OC(F)(F)O2. The average molecular weight is 478 g/mol. The monoisotopic (exact) mass is 478 g/mol. The van der Waals surface area contributed by atoms with Gasteiger partial charge >= 0.3 is 6.29 Å². The zero-order valence-corrected chi connectivity index (χ0v) is 18.2. The van der Waals surface area contributed by atoms with Crippen molar-refractivity contribution in [3.8, 4) is 28.8 Å². The number of carbonyl (C=O) groups excluding carboxylic acids is 1. The van der Waals surface area contributed by atoms with Gasteiger partial charge in [-0.15, -0.1) is 8.78 Å². The third-order valence-electron chi connectivity index (χ3n) is 5.40. The maximum atomic E-state index is 13.4. The summed E-state index contributed by atoms with van der Waals surface area (Å²) in [5.74, 6) is -0.857. The van der Waals surface area contributed by atoms with E-state index in [1.54, 1.807) is 31.2 Å². The van der Waals surface area contributed by atoms with Crippen LogP contribution in [0.25, 0.3) is 22.3 Å². The predicted molar refractivity (Wildman–Crippen MR) is 119 cm³/mol. The zero-order chi connectivity index (χ0) is 24.7. The smallest absolute Gasteiger partial charge is 0.395 e. The second-order valence-corrected chi connectivity index (χ2v) is 7.57. The molecule has 1 N–H and O–H groups in total. The van der Waals surface area contributed by atoms with Gasteiger partial charge in [-0.3, -0.25) is 9.59 Å². The lowest BCUT2D eigenvalue weighted by molar-refractivity contribution is -0.286. The molecule has 35 heavy (non-hydrogen) atoms. The molecule has 3 heterocycles. The highest BCUT2D eigenvalue weighted by Crippen LogP contribution is 2.42. The van der Waals surface area contributed by atoms with E-state index in [0.717, 1.165) is 4.68 Å². The summed E-state index contributed by atoms with van der Waals surface area (Å²) in [5, 5.41) is 13.6. The number of rotatable bonds is 5. The second-order valence-electron chi connectivity index (χ2n) is 7.57. The summed E-state index contributed by atoms with van der Waals surface area (Å²) >= 11 is 0. The minimum absolute atomic E-state index is 0.144. The fraction of sp³-hybridized carbons (Fsp3) is 0.174. The first kappa shape index (κ1) is 22.0. The van der Waals surface area contributed by atoms with Gasteiger partial charge in [-0.2, -0.15) is 10.4 Å². The number of hydrogen-bond acceptors (Lipinski definition) is 7. The van der Waals surface area contributed by atoms with Crippen molar-refractivity contribution in [1.82, 2.24) is 19.7 Å². The highest BCUT2D eigenvalue weighted by atomic mass is 19.3. The lowest BCUT2D eigenvalue weighted by Gasteiger charge is -2.21. The second kappa shape index (κ2) is 8.21. The summed E-state index contributed by atoms with van der Waals surface area (Å²) in [6.07, 6.45) is -2.43. The number of aromatic amines is 1. The Balaban J connectivity index is 1.51. The molecule has 0 fully saturated rings. The van der Waals surface area contributed by atoms with Gasteiger partial charge in [0.1, 0.15) is 23.3 Å². The summed E-state index contributed by atoms with van der Waals surface area (Å²) in [7, 11) is 0. The predicted octanol–water partition coefficient (Wildman–Crippen LogP) is 3.03. The minimum Gasteiger partial charge on any atom is -0.395 e. The minimum atomic E-state index is -3.78. The first-order valence-electron chi connectivity index (χ1n) is 10.4. The number of imidazole rings is 1. The van der Waals surface area contributed by atoms with E-state index >= 15 is 0 Å². The Morgan fingerprint density at radius 1 is 1.23 bits per heavy atom. The Morgan fingerprint density at radius 2 is 2.03 bits per heavy atom. The largest absolute Gasteiger partial charge is 0.586 e. The maximum absolute atomic E-state index is 13.4. The number of H-pyrrole nitrogens is 1. The Kier molecular flexibility index (Phi) is 5.17. The van der Waals surface area contributed by atoms with Gasteiger partial charge in [0.25, 0.3) is 5.56 Å². The molecule has 5 rings (SSSR count). The van der Waals surface area contributed by atoms with Gasteiger partial charge < -0.3 is 19.4 Å². The van der Waals surface area contributed by atoms with Crippen LogP contribution < -0.4 is 19.9 Å². The zero-order valence-electron chi connectivity index (χ0n) is 18.2. The molecule has 0 atom stereocenters. The first-order chi connectivity index (χ1) is 16.8. The number of aromatic nitrogens is 4. The van der Waals surface area contributed by atoms with Crippen molar-refractivity contribution < 1.29 is 23.0 Å². The summed E-state index contributed by atoms with van der Waals surface area (Å²) in [5.41, 5.74) is 1.44. The number of anilines is 1. The number of nitrogens with zero attached hydrogens (tertiary/aromatic N) is 5. The molecule has 1 aliphatic rings. The van der Waals surface area contributed by atoms with Crippen LogP contribution >= 0.6 is 0 Å². The molecular weight excluding hydrogens is 462 g/mol. The molecule has 0 aliphatic carbocycles. The number of nitrogens with one attached hydrogen (secondary N) is 1. The van der Waals surface area contributed by atoms with E-state index < -0.39 is 24.3 Å². The molecule has 0 spiro atoms. The van der Waals surface area contributed by atoms with Crippen LogP contribution in [0.1, 0.15) is 12.5 Å². The number of hydrogen-bond donors (Lipinski definition) is 1. The average Bonchev–Trinajstić information content (AvgIpc) is 3.44. The summed E-state index contributed by atoms with van der Waals surface area (Å²) in [6, 6.07) is 12.7. The number of nitriles is 1. The third-order valence-corrected chi connectivity index (χ3v) is 5.40. The molecule has 0 saturated carbocycles. The van der Waals surface area contributed by atoms with Crippen LogP contribution in [0, 0.1) is 11.3 Å². The Morgan fingerprint density at radius 3 is 2.80 bits per heavy atom. The molecule has 0 radical (unpaired) electrons. The van der Waals surface area contributed by atoms with Crippen LogP contribution in [0.3, 0.4) is 0 Å². The van der Waals surface area contributed by atoms with E-state index in [1.807, 2.05) is 6.07 Å². The van der Waals surface area contributed by atoms with Crippen molar-refractivity contribution in [2.45, 2.75) is 19.8 Å². The van der Waals surface area contributed by atoms with E-state index in [1.165, 1.54) is 29.4 Å². The molecular formula is C23H16F2N6O4. The van der Waals surface area contributed by atoms with Crippen LogP contribution in [-0.2, 0) is 11.3 Å². The normalized spacial score (nSPS) is 13.5. The molecule has 1 amide bonds. The lowest BCUT2D eigenvalue weighted by Crippen LogP contribution is -2.37. The Labute approximate surface area is 195 Å². The van der Waals surface area contributed by atoms with Gasteiger partial charge in [0.15, 0.2) is 11.5 Å². The van der Waals surface area contributed by atoms with Gasteiger partial charge in [-0.1, -0.05) is 12.1 Å². The van der Waals surface area contributed by atoms with Crippen LogP contribution in [-0.4, -0.2) is 38.5 Å². The van der Waals surface area contributed by atoms with Crippen LogP contribution in [0.15, 0.2) is 53.6 Å². The maximum Gasteiger partial charge on any atom is 0.586 e. The van der Waals surface area contributed by atoms with E-state index in [2.05, 4.69) is 24.5 Å². The van der Waals surface area contributed by atoms with Crippen LogP contribution in [0.4, 0.5) is 14.5 Å². The fourth-order valence-electron chi connectivity index (χ4n) is 3.84. The van der Waals surface area contributed by atoms with E-state index in [4.69, 9.17) is 0 Å². The molecule has 1 aliphatic heterocycles. The number of amides is 1. The standard InChI is InChI=1S/C23H16F2N6O4/c1-2-30(15-6-7-16-17(9-15)35-23(24,25)34-16)18(32)11-31-22(33)21-20(27-12-28-21)19(29-31)14-5-3-4-13(8-14)10-26/h3-9,12H,2,11H2,1H3,(H,27,28). The molecule has 0 bridgehead atoms. The molecule has 12 heteroatoms. The van der Waals surface area contributed by atoms with Crippen molar-refractivity contribution in [3.63, 3.8) is 0 Å². The first-order valence-corrected chi connectivity index (χ1v) is 10.4. The molecule has 10 nitrogen and oxygen atoms in total. The Bertz CT molecular complexity index is 1570. The third kappa shape index (κ3) is 3.93. The van der Waals surface area contributed by atoms with Crippen LogP contribution in [0.2, 0.25) is 0 Å². The molecule has 2 aromatic carbocycles. The summed E-state index contributed by atoms with van der Waals surface area (Å²) in [4.78, 5) is 34.4. The van der Waals surface area contributed by atoms with Crippen molar-refractivity contribution in [1.29, 1.82) is 5.26 Å². The number of alkyl halides is 2. The number of ether oxygens (including phenoxy) is 2. The highest BCUT2D eigenvalue weighted by molar-refractivity contribution is 5.94. The highest BCUT2D eigenvalue weighted by Gasteiger charge is 2.43. The van der Waals surface area contributed by atoms with Gasteiger partial charge in [0.05, 0.1) is 18.0 Å². The van der Waals surface area contributed by atoms with Gasteiger partial charge in [-0.25, -0.2) is 9.67 Å². The number of carbonyl (C=O) groups is 1. The van der Waals surface area contributed by atoms with Crippen molar-refractivity contribution in [2.24, 2.45) is 0 Å². The molecule has 0 unspecified atom stereocenters. The van der Waals surface area contributed by atoms with Gasteiger partial charge in [0, 0.05) is 23.9 Å². The number of benzene rings is 2. The summed E-state index contributed by atoms with van der Waals surface area (Å²) < 4.78 is 36.6. The Hall–Kier alpha value is -4.79. The van der Waals surface area contributed by atoms with Crippen molar-refractivity contribution >= 4 is 22.6 Å². The number of likely N-dealkylation sites (N-methyl/N-ethyl adjacent to an activating group) is 1. The van der Waals surface area contributed by atoms with Gasteiger partial charge in [-0.05, 0) is 31.2 Å². The molecule has 4 aromatic rings. The quantitative estimate of drug-likeness (QED) is 0.467. The topological polar surface area (TPSA) is 126 Å². The number of halogens is 2. The fourth-order valence-corrected chi connectivity index (χ4v) is 3.84. The van der Waals surface area contributed by atoms with Gasteiger partial charge in [0.2, 0.25) is 5.91 Å². The molecule has 2 aromatic heterocycles. The summed E-state index contributed by atoms with van der Waals surface area (Å²) in [6.45, 7) is 1.45. The molecule has 0 saturated heterocycles. The van der Waals surface area contributed by atoms with E-state index in [-0.39, 0.29) is 29.2 Å². The van der Waals surface area contributed by atoms with E-state index in [9.17, 15) is 23.6 Å². The van der Waals surface area contributed by atoms with Crippen molar-refractivity contribution in [2.75, 3.05) is 11.4 Å². The van der Waals surface area contributed by atoms with Crippen molar-refractivity contribution in [3.05, 3.63) is 64.7 Å². The molecule has 176 valence electrons. The van der Waals surface area contributed by atoms with Crippen LogP contribution in [0.5, 0.6) is 11.5 Å². The number of fused-ring (bicyclic) bond motifs is 2. The van der Waals surface area contributed by atoms with E-state index in [0.29, 0.717) is 22.3 Å².